The number of fused-ring (bicyclic) bond motifs is 3. The molecule has 2 bridgehead atoms. The van der Waals surface area contributed by atoms with Crippen molar-refractivity contribution in [3.05, 3.63) is 12.2 Å². The number of ketones is 2. The van der Waals surface area contributed by atoms with E-state index in [0.717, 1.165) is 25.7 Å². The first kappa shape index (κ1) is 16.7. The van der Waals surface area contributed by atoms with Crippen LogP contribution >= 0.6 is 0 Å². The minimum atomic E-state index is -0.796. The van der Waals surface area contributed by atoms with E-state index in [-0.39, 0.29) is 46.8 Å². The zero-order valence-corrected chi connectivity index (χ0v) is 15.5. The molecular formula is C21H26O5. The standard InChI is InChI=1S/C21H26O5/c1-12(22)26-21-10-13(23)5-8-20(21)11-25-18(21)9-14-15-3-4-17(24)19(15,2)7-6-16(14)20/h3-4,14-16,18H,5-11H2,1-2H3/t14-,15-,16-,18+,19-,20-,21-/m0/s1. The Hall–Kier alpha value is -1.49. The van der Waals surface area contributed by atoms with Gasteiger partial charge in [-0.05, 0) is 49.5 Å². The summed E-state index contributed by atoms with van der Waals surface area (Å²) in [7, 11) is 0. The summed E-state index contributed by atoms with van der Waals surface area (Å²) in [6, 6.07) is 0. The number of hydrogen-bond donors (Lipinski definition) is 0. The molecule has 7 atom stereocenters. The summed E-state index contributed by atoms with van der Waals surface area (Å²) in [5.41, 5.74) is -1.36. The number of esters is 1. The molecule has 1 aliphatic heterocycles. The number of hydrogen-bond acceptors (Lipinski definition) is 5. The second-order valence-corrected chi connectivity index (χ2v) is 9.37. The summed E-state index contributed by atoms with van der Waals surface area (Å²) in [4.78, 5) is 36.8. The van der Waals surface area contributed by atoms with E-state index in [2.05, 4.69) is 13.0 Å². The topological polar surface area (TPSA) is 69.7 Å². The molecule has 5 heteroatoms. The Morgan fingerprint density at radius 3 is 2.88 bits per heavy atom. The van der Waals surface area contributed by atoms with E-state index in [4.69, 9.17) is 9.47 Å². The lowest BCUT2D eigenvalue weighted by atomic mass is 9.43. The van der Waals surface area contributed by atoms with Crippen molar-refractivity contribution in [2.45, 2.75) is 64.1 Å². The second kappa shape index (κ2) is 5.06. The van der Waals surface area contributed by atoms with Gasteiger partial charge in [0.15, 0.2) is 11.4 Å². The summed E-state index contributed by atoms with van der Waals surface area (Å²) < 4.78 is 12.2. The molecule has 3 saturated carbocycles. The first-order valence-corrected chi connectivity index (χ1v) is 9.88. The maximum atomic E-state index is 12.5. The summed E-state index contributed by atoms with van der Waals surface area (Å²) in [6.45, 7) is 4.11. The van der Waals surface area contributed by atoms with Crippen LogP contribution in [0.3, 0.4) is 0 Å². The van der Waals surface area contributed by atoms with Gasteiger partial charge in [0.2, 0.25) is 0 Å². The van der Waals surface area contributed by atoms with Crippen molar-refractivity contribution in [3.8, 4) is 0 Å². The smallest absolute Gasteiger partial charge is 0.303 e. The minimum Gasteiger partial charge on any atom is -0.455 e. The van der Waals surface area contributed by atoms with E-state index < -0.39 is 5.60 Å². The monoisotopic (exact) mass is 358 g/mol. The Morgan fingerprint density at radius 1 is 1.31 bits per heavy atom. The molecule has 4 fully saturated rings. The van der Waals surface area contributed by atoms with Crippen molar-refractivity contribution in [2.75, 3.05) is 6.61 Å². The minimum absolute atomic E-state index is 0.174. The maximum Gasteiger partial charge on any atom is 0.303 e. The van der Waals surface area contributed by atoms with Crippen molar-refractivity contribution in [1.29, 1.82) is 0 Å². The van der Waals surface area contributed by atoms with Gasteiger partial charge in [-0.1, -0.05) is 13.0 Å². The van der Waals surface area contributed by atoms with Crippen LogP contribution in [0.25, 0.3) is 0 Å². The van der Waals surface area contributed by atoms with Crippen LogP contribution in [-0.2, 0) is 23.9 Å². The van der Waals surface area contributed by atoms with Crippen LogP contribution < -0.4 is 0 Å². The molecule has 0 aromatic heterocycles. The van der Waals surface area contributed by atoms with Crippen LogP contribution in [0.5, 0.6) is 0 Å². The average molecular weight is 358 g/mol. The molecular weight excluding hydrogens is 332 g/mol. The fraction of sp³-hybridized carbons (Fsp3) is 0.762. The quantitative estimate of drug-likeness (QED) is 0.674. The van der Waals surface area contributed by atoms with Gasteiger partial charge in [-0.2, -0.15) is 0 Å². The third-order valence-electron chi connectivity index (χ3n) is 8.44. The lowest BCUT2D eigenvalue weighted by Crippen LogP contribution is -2.67. The number of allylic oxidation sites excluding steroid dienone is 2. The van der Waals surface area contributed by atoms with Crippen LogP contribution in [0.15, 0.2) is 12.2 Å². The van der Waals surface area contributed by atoms with E-state index in [1.807, 2.05) is 0 Å². The molecule has 0 aromatic carbocycles. The van der Waals surface area contributed by atoms with E-state index in [0.29, 0.717) is 24.9 Å². The summed E-state index contributed by atoms with van der Waals surface area (Å²) in [5.74, 6) is 1.04. The molecule has 4 aliphatic carbocycles. The first-order chi connectivity index (χ1) is 12.3. The highest BCUT2D eigenvalue weighted by molar-refractivity contribution is 5.97. The zero-order valence-electron chi connectivity index (χ0n) is 15.5. The summed E-state index contributed by atoms with van der Waals surface area (Å²) >= 11 is 0. The molecule has 5 nitrogen and oxygen atoms in total. The van der Waals surface area contributed by atoms with Crippen LogP contribution in [0.1, 0.15) is 52.4 Å². The van der Waals surface area contributed by atoms with Gasteiger partial charge < -0.3 is 9.47 Å². The predicted octanol–water partition coefficient (Wildman–Crippen LogP) is 2.62. The summed E-state index contributed by atoms with van der Waals surface area (Å²) in [5, 5.41) is 0. The molecule has 0 amide bonds. The molecule has 0 spiro atoms. The molecule has 0 unspecified atom stereocenters. The number of rotatable bonds is 1. The van der Waals surface area contributed by atoms with Gasteiger partial charge in [-0.25, -0.2) is 0 Å². The number of carbonyl (C=O) groups excluding carboxylic acids is 3. The molecule has 1 saturated heterocycles. The van der Waals surface area contributed by atoms with Gasteiger partial charge in [0.1, 0.15) is 5.78 Å². The van der Waals surface area contributed by atoms with Gasteiger partial charge in [0.05, 0.1) is 12.7 Å². The Morgan fingerprint density at radius 2 is 2.12 bits per heavy atom. The summed E-state index contributed by atoms with van der Waals surface area (Å²) in [6.07, 6.45) is 7.79. The first-order valence-electron chi connectivity index (χ1n) is 9.88. The Labute approximate surface area is 153 Å². The van der Waals surface area contributed by atoms with Crippen LogP contribution in [0.4, 0.5) is 0 Å². The lowest BCUT2D eigenvalue weighted by molar-refractivity contribution is -0.216. The van der Waals surface area contributed by atoms with Crippen molar-refractivity contribution in [2.24, 2.45) is 28.6 Å². The zero-order chi connectivity index (χ0) is 18.3. The number of carbonyl (C=O) groups is 3. The normalized spacial score (nSPS) is 51.6. The third-order valence-corrected chi connectivity index (χ3v) is 8.44. The number of Topliss-reactive ketones (excluding diaryl/α,β-unsaturated/α-hetero) is 1. The van der Waals surface area contributed by atoms with E-state index in [1.54, 1.807) is 6.08 Å². The third kappa shape index (κ3) is 1.78. The van der Waals surface area contributed by atoms with Gasteiger partial charge in [0.25, 0.3) is 0 Å². The van der Waals surface area contributed by atoms with Crippen LogP contribution in [0.2, 0.25) is 0 Å². The fourth-order valence-corrected chi connectivity index (χ4v) is 7.30. The maximum absolute atomic E-state index is 12.5. The van der Waals surface area contributed by atoms with Crippen molar-refractivity contribution >= 4 is 17.5 Å². The van der Waals surface area contributed by atoms with Crippen LogP contribution in [-0.4, -0.2) is 35.8 Å². The van der Waals surface area contributed by atoms with Crippen molar-refractivity contribution in [1.82, 2.24) is 0 Å². The van der Waals surface area contributed by atoms with Crippen LogP contribution in [0, 0.1) is 28.6 Å². The van der Waals surface area contributed by atoms with E-state index >= 15 is 0 Å². The van der Waals surface area contributed by atoms with Crippen molar-refractivity contribution in [3.63, 3.8) is 0 Å². The molecule has 5 aliphatic rings. The van der Waals surface area contributed by atoms with Gasteiger partial charge in [0, 0.05) is 30.6 Å². The largest absolute Gasteiger partial charge is 0.455 e. The number of ether oxygens (including phenoxy) is 2. The lowest BCUT2D eigenvalue weighted by Gasteiger charge is -2.61. The van der Waals surface area contributed by atoms with Gasteiger partial charge in [-0.3, -0.25) is 14.4 Å². The molecule has 140 valence electrons. The second-order valence-electron chi connectivity index (χ2n) is 9.37. The van der Waals surface area contributed by atoms with E-state index in [1.165, 1.54) is 6.92 Å². The highest BCUT2D eigenvalue weighted by Crippen LogP contribution is 2.69. The molecule has 0 N–H and O–H groups in total. The molecule has 5 rings (SSSR count). The SMILES string of the molecule is CC(=O)O[C@]12CC(=O)CC[C@@]13CO[C@@H]2C[C@@H]1[C@@H]3CC[C@]2(C)C(=O)C=C[C@@H]12. The highest BCUT2D eigenvalue weighted by atomic mass is 16.6. The van der Waals surface area contributed by atoms with Gasteiger partial charge in [-0.15, -0.1) is 0 Å². The fourth-order valence-electron chi connectivity index (χ4n) is 7.30. The Bertz CT molecular complexity index is 737. The van der Waals surface area contributed by atoms with Gasteiger partial charge >= 0.3 is 5.97 Å². The highest BCUT2D eigenvalue weighted by Gasteiger charge is 2.74. The molecule has 1 heterocycles. The average Bonchev–Trinajstić information content (AvgIpc) is 2.97. The molecule has 0 aromatic rings. The molecule has 0 radical (unpaired) electrons. The Balaban J connectivity index is 1.60. The predicted molar refractivity (Wildman–Crippen MR) is 92.1 cm³/mol. The van der Waals surface area contributed by atoms with Crippen molar-refractivity contribution < 1.29 is 23.9 Å². The molecule has 26 heavy (non-hydrogen) atoms. The Kier molecular flexibility index (Phi) is 3.25. The van der Waals surface area contributed by atoms with E-state index in [9.17, 15) is 14.4 Å².